The van der Waals surface area contributed by atoms with Gasteiger partial charge in [0.1, 0.15) is 5.60 Å². The van der Waals surface area contributed by atoms with Crippen molar-refractivity contribution in [3.8, 4) is 0 Å². The molecule has 0 aromatic rings. The average Bonchev–Trinajstić information content (AvgIpc) is 2.82. The van der Waals surface area contributed by atoms with Crippen LogP contribution >= 0.6 is 0 Å². The Morgan fingerprint density at radius 1 is 1.08 bits per heavy atom. The second-order valence-electron chi connectivity index (χ2n) is 7.86. The largest absolute Gasteiger partial charge is 0.444 e. The van der Waals surface area contributed by atoms with Gasteiger partial charge in [-0.15, -0.1) is 0 Å². The van der Waals surface area contributed by atoms with E-state index < -0.39 is 11.7 Å². The monoisotopic (exact) mass is 329 g/mol. The van der Waals surface area contributed by atoms with Crippen molar-refractivity contribution in [1.82, 2.24) is 4.90 Å². The van der Waals surface area contributed by atoms with E-state index in [0.717, 1.165) is 24.0 Å². The molecule has 3 rings (SSSR count). The Labute approximate surface area is 144 Å². The van der Waals surface area contributed by atoms with E-state index in [1.807, 2.05) is 56.1 Å². The van der Waals surface area contributed by atoms with Crippen LogP contribution in [-0.2, 0) is 4.74 Å². The van der Waals surface area contributed by atoms with Crippen LogP contribution in [0.4, 0.5) is 4.79 Å². The van der Waals surface area contributed by atoms with Crippen molar-refractivity contribution < 1.29 is 14.6 Å². The van der Waals surface area contributed by atoms with Gasteiger partial charge >= 0.3 is 6.09 Å². The number of hydrogen-bond donors (Lipinski definition) is 1. The zero-order chi connectivity index (χ0) is 17.3. The molecule has 2 aliphatic carbocycles. The van der Waals surface area contributed by atoms with Crippen LogP contribution in [0.1, 0.15) is 33.6 Å². The number of ether oxygens (including phenoxy) is 1. The number of carbonyl (C=O) groups is 1. The van der Waals surface area contributed by atoms with Crippen molar-refractivity contribution in [2.45, 2.75) is 45.3 Å². The first kappa shape index (κ1) is 17.0. The first-order chi connectivity index (χ1) is 11.3. The van der Waals surface area contributed by atoms with E-state index in [1.165, 1.54) is 0 Å². The van der Waals surface area contributed by atoms with E-state index in [4.69, 9.17) is 4.74 Å². The summed E-state index contributed by atoms with van der Waals surface area (Å²) in [5, 5.41) is 10.5. The molecule has 1 saturated carbocycles. The molecule has 1 heterocycles. The number of rotatable bonds is 0. The van der Waals surface area contributed by atoms with Gasteiger partial charge in [-0.25, -0.2) is 4.79 Å². The molecular weight excluding hydrogens is 302 g/mol. The van der Waals surface area contributed by atoms with Gasteiger partial charge in [0.15, 0.2) is 0 Å². The topological polar surface area (TPSA) is 49.8 Å². The molecule has 24 heavy (non-hydrogen) atoms. The highest BCUT2D eigenvalue weighted by molar-refractivity contribution is 5.69. The molecule has 1 aliphatic heterocycles. The highest BCUT2D eigenvalue weighted by Gasteiger charge is 2.42. The summed E-state index contributed by atoms with van der Waals surface area (Å²) in [6.45, 7) is 7.05. The van der Waals surface area contributed by atoms with Crippen molar-refractivity contribution in [3.63, 3.8) is 0 Å². The Morgan fingerprint density at radius 3 is 2.42 bits per heavy atom. The molecule has 1 N–H and O–H groups in total. The minimum atomic E-state index is -0.476. The molecule has 3 unspecified atom stereocenters. The third kappa shape index (κ3) is 3.64. The number of carbonyl (C=O) groups excluding carboxylic acids is 1. The second kappa shape index (κ2) is 6.60. The molecule has 130 valence electrons. The zero-order valence-electron chi connectivity index (χ0n) is 14.7. The summed E-state index contributed by atoms with van der Waals surface area (Å²) in [6, 6.07) is 0. The van der Waals surface area contributed by atoms with Gasteiger partial charge < -0.3 is 14.7 Å². The van der Waals surface area contributed by atoms with Crippen LogP contribution in [0, 0.1) is 11.8 Å². The van der Waals surface area contributed by atoms with Gasteiger partial charge in [0, 0.05) is 19.0 Å². The Morgan fingerprint density at radius 2 is 1.75 bits per heavy atom. The van der Waals surface area contributed by atoms with Crippen LogP contribution in [0.3, 0.4) is 0 Å². The Bertz CT molecular complexity index is 621. The number of fused-ring (bicyclic) bond motifs is 3. The highest BCUT2D eigenvalue weighted by atomic mass is 16.6. The lowest BCUT2D eigenvalue weighted by Gasteiger charge is -2.25. The van der Waals surface area contributed by atoms with E-state index >= 15 is 0 Å². The van der Waals surface area contributed by atoms with Gasteiger partial charge in [0.25, 0.3) is 0 Å². The third-order valence-corrected chi connectivity index (χ3v) is 4.88. The van der Waals surface area contributed by atoms with Gasteiger partial charge in [-0.1, -0.05) is 36.5 Å². The molecule has 0 radical (unpaired) electrons. The maximum absolute atomic E-state index is 12.4. The molecule has 1 amide bonds. The first-order valence-electron chi connectivity index (χ1n) is 8.76. The van der Waals surface area contributed by atoms with Gasteiger partial charge in [0.2, 0.25) is 0 Å². The molecular formula is C20H27NO3. The fourth-order valence-corrected chi connectivity index (χ4v) is 3.80. The fourth-order valence-electron chi connectivity index (χ4n) is 3.80. The summed E-state index contributed by atoms with van der Waals surface area (Å²) in [6.07, 6.45) is 13.1. The minimum Gasteiger partial charge on any atom is -0.444 e. The number of aliphatic hydroxyl groups excluding tert-OH is 1. The number of amides is 1. The molecule has 4 heteroatoms. The standard InChI is InChI=1S/C20H27NO3/c1-20(2,3)24-19(23)21-12-14-10-11-18(22)16-9-7-5-4-6-8-15(16)17(14)13-21/h4-9,14,17-18,22H,10-13H2,1-3H3/b5-4?,6-4-,7-5-,8-6?,9-7?,15-8?,16-9?. The molecule has 3 atom stereocenters. The maximum Gasteiger partial charge on any atom is 0.410 e. The van der Waals surface area contributed by atoms with Crippen molar-refractivity contribution in [2.75, 3.05) is 13.1 Å². The van der Waals surface area contributed by atoms with E-state index in [9.17, 15) is 9.90 Å². The Hall–Kier alpha value is -1.81. The second-order valence-corrected chi connectivity index (χ2v) is 7.86. The first-order valence-corrected chi connectivity index (χ1v) is 8.76. The highest BCUT2D eigenvalue weighted by Crippen LogP contribution is 2.41. The van der Waals surface area contributed by atoms with Crippen LogP contribution in [0.5, 0.6) is 0 Å². The molecule has 2 fully saturated rings. The molecule has 4 nitrogen and oxygen atoms in total. The smallest absolute Gasteiger partial charge is 0.410 e. The number of allylic oxidation sites excluding steroid dienone is 6. The van der Waals surface area contributed by atoms with Crippen molar-refractivity contribution >= 4 is 6.09 Å². The summed E-state index contributed by atoms with van der Waals surface area (Å²) in [7, 11) is 0. The van der Waals surface area contributed by atoms with Crippen molar-refractivity contribution in [2.24, 2.45) is 11.8 Å². The number of likely N-dealkylation sites (tertiary alicyclic amines) is 1. The Kier molecular flexibility index (Phi) is 4.68. The predicted octanol–water partition coefficient (Wildman–Crippen LogP) is 3.60. The summed E-state index contributed by atoms with van der Waals surface area (Å²) < 4.78 is 5.54. The van der Waals surface area contributed by atoms with E-state index in [0.29, 0.717) is 19.0 Å². The average molecular weight is 329 g/mol. The van der Waals surface area contributed by atoms with Gasteiger partial charge in [0.05, 0.1) is 6.10 Å². The van der Waals surface area contributed by atoms with E-state index in [-0.39, 0.29) is 12.0 Å². The molecule has 1 saturated heterocycles. The predicted molar refractivity (Wildman–Crippen MR) is 94.5 cm³/mol. The molecule has 0 bridgehead atoms. The third-order valence-electron chi connectivity index (χ3n) is 4.88. The van der Waals surface area contributed by atoms with Gasteiger partial charge in [-0.05, 0) is 50.7 Å². The number of aliphatic hydroxyl groups is 1. The van der Waals surface area contributed by atoms with E-state index in [2.05, 4.69) is 6.08 Å². The normalized spacial score (nSPS) is 32.3. The minimum absolute atomic E-state index is 0.233. The lowest BCUT2D eigenvalue weighted by atomic mass is 9.85. The van der Waals surface area contributed by atoms with Gasteiger partial charge in [-0.3, -0.25) is 0 Å². The fraction of sp³-hybridized carbons (Fsp3) is 0.550. The summed E-state index contributed by atoms with van der Waals surface area (Å²) in [5.41, 5.74) is 1.68. The van der Waals surface area contributed by atoms with Crippen LogP contribution in [-0.4, -0.2) is 40.9 Å². The summed E-state index contributed by atoms with van der Waals surface area (Å²) in [4.78, 5) is 14.3. The summed E-state index contributed by atoms with van der Waals surface area (Å²) >= 11 is 0. The van der Waals surface area contributed by atoms with Crippen LogP contribution in [0.2, 0.25) is 0 Å². The van der Waals surface area contributed by atoms with Crippen molar-refractivity contribution in [1.29, 1.82) is 0 Å². The zero-order valence-corrected chi connectivity index (χ0v) is 14.7. The summed E-state index contributed by atoms with van der Waals surface area (Å²) in [5.74, 6) is 0.637. The quantitative estimate of drug-likeness (QED) is 0.739. The number of hydrogen-bond acceptors (Lipinski definition) is 3. The Balaban J connectivity index is 1.84. The molecule has 0 aromatic carbocycles. The molecule has 0 spiro atoms. The van der Waals surface area contributed by atoms with Crippen LogP contribution in [0.15, 0.2) is 47.6 Å². The SMILES string of the molecule is CC(C)(C)OC(=O)N1CC2CCC(O)C3=C/C=C\C=C/C=C3C2C1. The maximum atomic E-state index is 12.4. The molecule has 0 aromatic heterocycles. The lowest BCUT2D eigenvalue weighted by Crippen LogP contribution is -2.35. The van der Waals surface area contributed by atoms with Gasteiger partial charge in [-0.2, -0.15) is 0 Å². The van der Waals surface area contributed by atoms with Crippen LogP contribution < -0.4 is 0 Å². The number of nitrogens with zero attached hydrogens (tertiary/aromatic N) is 1. The van der Waals surface area contributed by atoms with E-state index in [1.54, 1.807) is 0 Å². The van der Waals surface area contributed by atoms with Crippen LogP contribution in [0.25, 0.3) is 0 Å². The lowest BCUT2D eigenvalue weighted by molar-refractivity contribution is 0.0284. The molecule has 3 aliphatic rings. The van der Waals surface area contributed by atoms with Crippen molar-refractivity contribution in [3.05, 3.63) is 47.6 Å².